The number of aryl methyl sites for hydroxylation is 1. The molecule has 1 aliphatic rings. The topological polar surface area (TPSA) is 137 Å². The van der Waals surface area contributed by atoms with Gasteiger partial charge < -0.3 is 9.64 Å². The molecule has 2 aromatic rings. The molecule has 3 rings (SSSR count). The van der Waals surface area contributed by atoms with E-state index in [0.29, 0.717) is 25.1 Å². The maximum Gasteiger partial charge on any atom is 0.274 e. The standard InChI is InChI=1S/C20H27N5O6S/c1-5-13(2)22-32(29,30)17-12-15(25(27)28)8-9-16(17)31-20-14(3)18(21-23(20)4)19(26)24-10-6-7-11-24/h8-9,12-13,22H,5-7,10-11H2,1-4H3/t13-/m0/s1. The molecule has 0 bridgehead atoms. The van der Waals surface area contributed by atoms with Gasteiger partial charge in [-0.15, -0.1) is 0 Å². The molecular weight excluding hydrogens is 438 g/mol. The third kappa shape index (κ3) is 4.75. The van der Waals surface area contributed by atoms with Gasteiger partial charge in [0.2, 0.25) is 15.9 Å². The molecule has 1 fully saturated rings. The maximum atomic E-state index is 12.9. The molecular formula is C20H27N5O6S. The lowest BCUT2D eigenvalue weighted by Crippen LogP contribution is -2.32. The first-order valence-electron chi connectivity index (χ1n) is 10.4. The number of carbonyl (C=O) groups is 1. The molecule has 1 aliphatic heterocycles. The summed E-state index contributed by atoms with van der Waals surface area (Å²) in [5.74, 6) is -0.125. The van der Waals surface area contributed by atoms with E-state index in [9.17, 15) is 23.3 Å². The number of amides is 1. The fourth-order valence-electron chi connectivity index (χ4n) is 3.45. The van der Waals surface area contributed by atoms with Gasteiger partial charge in [0, 0.05) is 43.9 Å². The molecule has 32 heavy (non-hydrogen) atoms. The Morgan fingerprint density at radius 3 is 2.59 bits per heavy atom. The van der Waals surface area contributed by atoms with Crippen LogP contribution >= 0.6 is 0 Å². The number of sulfonamides is 1. The predicted molar refractivity (Wildman–Crippen MR) is 116 cm³/mol. The molecule has 0 radical (unpaired) electrons. The minimum Gasteiger partial charge on any atom is -0.438 e. The van der Waals surface area contributed by atoms with Crippen molar-refractivity contribution in [3.63, 3.8) is 0 Å². The molecule has 1 saturated heterocycles. The van der Waals surface area contributed by atoms with E-state index >= 15 is 0 Å². The molecule has 0 aliphatic carbocycles. The van der Waals surface area contributed by atoms with Crippen LogP contribution in [0.2, 0.25) is 0 Å². The number of benzene rings is 1. The first-order valence-corrected chi connectivity index (χ1v) is 11.8. The van der Waals surface area contributed by atoms with Crippen LogP contribution in [-0.2, 0) is 17.1 Å². The van der Waals surface area contributed by atoms with Crippen LogP contribution in [0.4, 0.5) is 5.69 Å². The van der Waals surface area contributed by atoms with Crippen molar-refractivity contribution >= 4 is 21.6 Å². The van der Waals surface area contributed by atoms with Crippen molar-refractivity contribution in [3.05, 3.63) is 39.6 Å². The number of ether oxygens (including phenoxy) is 1. The van der Waals surface area contributed by atoms with E-state index in [1.165, 1.54) is 16.8 Å². The fraction of sp³-hybridized carbons (Fsp3) is 0.500. The lowest BCUT2D eigenvalue weighted by atomic mass is 10.2. The van der Waals surface area contributed by atoms with Crippen LogP contribution in [-0.4, -0.2) is 53.1 Å². The van der Waals surface area contributed by atoms with Crippen molar-refractivity contribution in [2.75, 3.05) is 13.1 Å². The Kier molecular flexibility index (Phi) is 6.84. The van der Waals surface area contributed by atoms with Gasteiger partial charge >= 0.3 is 0 Å². The van der Waals surface area contributed by atoms with Crippen LogP contribution in [0.5, 0.6) is 11.6 Å². The molecule has 1 aromatic heterocycles. The lowest BCUT2D eigenvalue weighted by Gasteiger charge is -2.16. The summed E-state index contributed by atoms with van der Waals surface area (Å²) in [5.41, 5.74) is 0.308. The van der Waals surface area contributed by atoms with Crippen molar-refractivity contribution in [2.45, 2.75) is 51.0 Å². The quantitative estimate of drug-likeness (QED) is 0.467. The highest BCUT2D eigenvalue weighted by Gasteiger charge is 2.29. The fourth-order valence-corrected chi connectivity index (χ4v) is 4.92. The van der Waals surface area contributed by atoms with E-state index in [-0.39, 0.29) is 39.9 Å². The van der Waals surface area contributed by atoms with Crippen molar-refractivity contribution in [3.8, 4) is 11.6 Å². The van der Waals surface area contributed by atoms with Gasteiger partial charge in [0.1, 0.15) is 10.6 Å². The minimum absolute atomic E-state index is 0.0994. The van der Waals surface area contributed by atoms with E-state index in [1.807, 2.05) is 6.92 Å². The molecule has 0 unspecified atom stereocenters. The smallest absolute Gasteiger partial charge is 0.274 e. The van der Waals surface area contributed by atoms with Gasteiger partial charge in [-0.3, -0.25) is 14.9 Å². The van der Waals surface area contributed by atoms with Crippen molar-refractivity contribution in [1.82, 2.24) is 19.4 Å². The molecule has 1 amide bonds. The van der Waals surface area contributed by atoms with Gasteiger partial charge in [0.15, 0.2) is 5.69 Å². The number of carbonyl (C=O) groups excluding carboxylic acids is 1. The molecule has 1 N–H and O–H groups in total. The Bertz CT molecular complexity index is 1140. The molecule has 0 spiro atoms. The number of aromatic nitrogens is 2. The van der Waals surface area contributed by atoms with Gasteiger partial charge in [-0.1, -0.05) is 6.92 Å². The third-order valence-corrected chi connectivity index (χ3v) is 7.03. The van der Waals surface area contributed by atoms with Crippen molar-refractivity contribution < 1.29 is 22.9 Å². The second kappa shape index (κ2) is 9.25. The zero-order valence-electron chi connectivity index (χ0n) is 18.5. The summed E-state index contributed by atoms with van der Waals surface area (Å²) < 4.78 is 35.6. The van der Waals surface area contributed by atoms with Crippen LogP contribution in [0, 0.1) is 17.0 Å². The number of likely N-dealkylation sites (tertiary alicyclic amines) is 1. The highest BCUT2D eigenvalue weighted by Crippen LogP contribution is 2.34. The number of non-ortho nitro benzene ring substituents is 1. The van der Waals surface area contributed by atoms with E-state index in [0.717, 1.165) is 18.9 Å². The highest BCUT2D eigenvalue weighted by molar-refractivity contribution is 7.89. The van der Waals surface area contributed by atoms with Gasteiger partial charge in [0.25, 0.3) is 11.6 Å². The average molecular weight is 466 g/mol. The highest BCUT2D eigenvalue weighted by atomic mass is 32.2. The van der Waals surface area contributed by atoms with Gasteiger partial charge in [0.05, 0.1) is 4.92 Å². The molecule has 1 atom stereocenters. The zero-order chi connectivity index (χ0) is 23.6. The van der Waals surface area contributed by atoms with E-state index in [1.54, 1.807) is 25.8 Å². The summed E-state index contributed by atoms with van der Waals surface area (Å²) in [5, 5.41) is 15.5. The normalized spacial score (nSPS) is 15.1. The number of nitro groups is 1. The Morgan fingerprint density at radius 2 is 2.00 bits per heavy atom. The van der Waals surface area contributed by atoms with Gasteiger partial charge in [-0.2, -0.15) is 5.10 Å². The largest absolute Gasteiger partial charge is 0.438 e. The molecule has 2 heterocycles. The number of nitro benzene ring substituents is 1. The molecule has 0 saturated carbocycles. The summed E-state index contributed by atoms with van der Waals surface area (Å²) in [4.78, 5) is 24.7. The van der Waals surface area contributed by atoms with Crippen LogP contribution in [0.15, 0.2) is 23.1 Å². The third-order valence-electron chi connectivity index (χ3n) is 5.42. The number of hydrogen-bond donors (Lipinski definition) is 1. The SMILES string of the molecule is CC[C@H](C)NS(=O)(=O)c1cc([N+](=O)[O-])ccc1Oc1c(C)c(C(=O)N2CCCC2)nn1C. The number of rotatable bonds is 8. The van der Waals surface area contributed by atoms with E-state index in [4.69, 9.17) is 4.74 Å². The molecule has 12 heteroatoms. The summed E-state index contributed by atoms with van der Waals surface area (Å²) in [6.07, 6.45) is 2.41. The zero-order valence-corrected chi connectivity index (χ0v) is 19.3. The van der Waals surface area contributed by atoms with Gasteiger partial charge in [-0.25, -0.2) is 17.8 Å². The number of nitrogens with zero attached hydrogens (tertiary/aromatic N) is 4. The predicted octanol–water partition coefficient (Wildman–Crippen LogP) is 2.74. The summed E-state index contributed by atoms with van der Waals surface area (Å²) >= 11 is 0. The lowest BCUT2D eigenvalue weighted by molar-refractivity contribution is -0.385. The van der Waals surface area contributed by atoms with Gasteiger partial charge in [-0.05, 0) is 39.2 Å². The Balaban J connectivity index is 2.02. The van der Waals surface area contributed by atoms with Crippen LogP contribution in [0.25, 0.3) is 0 Å². The minimum atomic E-state index is -4.11. The first kappa shape index (κ1) is 23.7. The second-order valence-corrected chi connectivity index (χ2v) is 9.50. The summed E-state index contributed by atoms with van der Waals surface area (Å²) in [6, 6.07) is 2.98. The summed E-state index contributed by atoms with van der Waals surface area (Å²) in [6.45, 7) is 6.50. The van der Waals surface area contributed by atoms with Crippen LogP contribution < -0.4 is 9.46 Å². The second-order valence-electron chi connectivity index (χ2n) is 7.82. The maximum absolute atomic E-state index is 12.9. The average Bonchev–Trinajstić information content (AvgIpc) is 3.37. The van der Waals surface area contributed by atoms with E-state index < -0.39 is 14.9 Å². The van der Waals surface area contributed by atoms with Crippen LogP contribution in [0.1, 0.15) is 49.2 Å². The summed E-state index contributed by atoms with van der Waals surface area (Å²) in [7, 11) is -2.53. The Labute approximate surface area is 186 Å². The number of nitrogens with one attached hydrogen (secondary N) is 1. The monoisotopic (exact) mass is 465 g/mol. The molecule has 11 nitrogen and oxygen atoms in total. The van der Waals surface area contributed by atoms with E-state index in [2.05, 4.69) is 9.82 Å². The molecule has 1 aromatic carbocycles. The van der Waals surface area contributed by atoms with Crippen molar-refractivity contribution in [1.29, 1.82) is 0 Å². The molecule has 174 valence electrons. The van der Waals surface area contributed by atoms with Crippen LogP contribution in [0.3, 0.4) is 0 Å². The number of hydrogen-bond acceptors (Lipinski definition) is 7. The van der Waals surface area contributed by atoms with Crippen molar-refractivity contribution in [2.24, 2.45) is 7.05 Å². The Hall–Kier alpha value is -2.99. The Morgan fingerprint density at radius 1 is 1.34 bits per heavy atom. The first-order chi connectivity index (χ1) is 15.0.